The largest absolute Gasteiger partial charge is 0.423 e. The van der Waals surface area contributed by atoms with E-state index < -0.39 is 0 Å². The molecule has 92 valence electrons. The maximum atomic E-state index is 11.1. The molecule has 0 N–H and O–H groups in total. The Bertz CT molecular complexity index is 618. The molecule has 0 amide bonds. The zero-order valence-electron chi connectivity index (χ0n) is 10.1. The van der Waals surface area contributed by atoms with Gasteiger partial charge in [-0.2, -0.15) is 0 Å². The monoisotopic (exact) mass is 241 g/mol. The fourth-order valence-corrected chi connectivity index (χ4v) is 1.85. The minimum atomic E-state index is -0.329. The number of rotatable bonds is 5. The van der Waals surface area contributed by atoms with Crippen molar-refractivity contribution in [1.82, 2.24) is 0 Å². The van der Waals surface area contributed by atoms with Crippen LogP contribution < -0.4 is 10.5 Å². The molecule has 2 rings (SSSR count). The molecule has 0 fully saturated rings. The van der Waals surface area contributed by atoms with Gasteiger partial charge < -0.3 is 9.32 Å². The van der Waals surface area contributed by atoms with Crippen LogP contribution in [0.1, 0.15) is 0 Å². The van der Waals surface area contributed by atoms with Gasteiger partial charge in [-0.1, -0.05) is 12.2 Å². The van der Waals surface area contributed by atoms with Crippen molar-refractivity contribution in [1.29, 1.82) is 0 Å². The lowest BCUT2D eigenvalue weighted by Crippen LogP contribution is -2.22. The molecule has 2 aromatic rings. The summed E-state index contributed by atoms with van der Waals surface area (Å²) in [4.78, 5) is 13.2. The molecular formula is C15H15NO2. The quantitative estimate of drug-likeness (QED) is 0.596. The van der Waals surface area contributed by atoms with E-state index in [4.69, 9.17) is 4.42 Å². The van der Waals surface area contributed by atoms with Crippen LogP contribution in [0, 0.1) is 0 Å². The van der Waals surface area contributed by atoms with Gasteiger partial charge in [0.1, 0.15) is 5.58 Å². The fraction of sp³-hybridized carbons (Fsp3) is 0.133. The average molecular weight is 241 g/mol. The van der Waals surface area contributed by atoms with E-state index in [9.17, 15) is 4.79 Å². The van der Waals surface area contributed by atoms with E-state index >= 15 is 0 Å². The minimum absolute atomic E-state index is 0.329. The second-order valence-corrected chi connectivity index (χ2v) is 3.96. The highest BCUT2D eigenvalue weighted by atomic mass is 16.4. The molecule has 0 saturated heterocycles. The molecule has 18 heavy (non-hydrogen) atoms. The molecule has 0 aliphatic heterocycles. The molecule has 3 nitrogen and oxygen atoms in total. The Balaban J connectivity index is 2.44. The van der Waals surface area contributed by atoms with E-state index in [1.165, 1.54) is 6.07 Å². The van der Waals surface area contributed by atoms with Crippen molar-refractivity contribution in [3.63, 3.8) is 0 Å². The SMILES string of the molecule is C=CCN(CC=C)c1ccc2oc(=O)ccc2c1. The molecule has 0 bridgehead atoms. The minimum Gasteiger partial charge on any atom is -0.423 e. The standard InChI is InChI=1S/C15H15NO2/c1-3-9-16(10-4-2)13-6-7-14-12(11-13)5-8-15(17)18-14/h3-8,11H,1-2,9-10H2. The van der Waals surface area contributed by atoms with Crippen LogP contribution in [0.3, 0.4) is 0 Å². The summed E-state index contributed by atoms with van der Waals surface area (Å²) >= 11 is 0. The zero-order valence-corrected chi connectivity index (χ0v) is 10.1. The maximum Gasteiger partial charge on any atom is 0.336 e. The first-order valence-electron chi connectivity index (χ1n) is 5.75. The summed E-state index contributed by atoms with van der Waals surface area (Å²) in [6, 6.07) is 8.93. The van der Waals surface area contributed by atoms with Crippen LogP contribution in [0.5, 0.6) is 0 Å². The number of anilines is 1. The van der Waals surface area contributed by atoms with Crippen LogP contribution in [0.2, 0.25) is 0 Å². The molecule has 0 spiro atoms. The van der Waals surface area contributed by atoms with Gasteiger partial charge in [0.05, 0.1) is 0 Å². The number of hydrogen-bond donors (Lipinski definition) is 0. The van der Waals surface area contributed by atoms with Gasteiger partial charge in [0.15, 0.2) is 0 Å². The molecule has 0 saturated carbocycles. The first-order chi connectivity index (χ1) is 8.74. The molecule has 0 unspecified atom stereocenters. The molecular weight excluding hydrogens is 226 g/mol. The predicted molar refractivity (Wildman–Crippen MR) is 75.1 cm³/mol. The van der Waals surface area contributed by atoms with Gasteiger partial charge in [-0.05, 0) is 24.3 Å². The lowest BCUT2D eigenvalue weighted by Gasteiger charge is -2.21. The van der Waals surface area contributed by atoms with Crippen LogP contribution in [-0.4, -0.2) is 13.1 Å². The first-order valence-corrected chi connectivity index (χ1v) is 5.75. The van der Waals surface area contributed by atoms with E-state index in [1.54, 1.807) is 6.07 Å². The van der Waals surface area contributed by atoms with E-state index in [0.29, 0.717) is 5.58 Å². The zero-order chi connectivity index (χ0) is 13.0. The molecule has 0 aliphatic rings. The second-order valence-electron chi connectivity index (χ2n) is 3.96. The molecule has 0 aliphatic carbocycles. The topological polar surface area (TPSA) is 33.5 Å². The molecule has 1 heterocycles. The van der Waals surface area contributed by atoms with Gasteiger partial charge in [0, 0.05) is 30.2 Å². The van der Waals surface area contributed by atoms with Gasteiger partial charge in [-0.3, -0.25) is 0 Å². The Kier molecular flexibility index (Phi) is 3.63. The van der Waals surface area contributed by atoms with Crippen molar-refractivity contribution in [2.24, 2.45) is 0 Å². The Morgan fingerprint density at radius 1 is 1.11 bits per heavy atom. The second kappa shape index (κ2) is 5.36. The summed E-state index contributed by atoms with van der Waals surface area (Å²) in [5.41, 5.74) is 1.32. The summed E-state index contributed by atoms with van der Waals surface area (Å²) in [5.74, 6) is 0. The van der Waals surface area contributed by atoms with E-state index in [0.717, 1.165) is 24.2 Å². The Hall–Kier alpha value is -2.29. The summed E-state index contributed by atoms with van der Waals surface area (Å²) in [6.45, 7) is 8.98. The smallest absolute Gasteiger partial charge is 0.336 e. The lowest BCUT2D eigenvalue weighted by molar-refractivity contribution is 0.561. The van der Waals surface area contributed by atoms with Crippen molar-refractivity contribution < 1.29 is 4.42 Å². The van der Waals surface area contributed by atoms with Gasteiger partial charge in [-0.25, -0.2) is 4.79 Å². The summed E-state index contributed by atoms with van der Waals surface area (Å²) in [7, 11) is 0. The molecule has 1 aromatic carbocycles. The number of hydrogen-bond acceptors (Lipinski definition) is 3. The Morgan fingerprint density at radius 2 is 1.83 bits per heavy atom. The van der Waals surface area contributed by atoms with Crippen molar-refractivity contribution in [3.05, 3.63) is 66.1 Å². The molecule has 0 atom stereocenters. The van der Waals surface area contributed by atoms with Crippen LogP contribution in [0.4, 0.5) is 5.69 Å². The third kappa shape index (κ3) is 2.51. The summed E-state index contributed by atoms with van der Waals surface area (Å²) < 4.78 is 5.10. The summed E-state index contributed by atoms with van der Waals surface area (Å²) in [5, 5.41) is 0.908. The van der Waals surface area contributed by atoms with E-state index in [1.807, 2.05) is 30.4 Å². The lowest BCUT2D eigenvalue weighted by atomic mass is 10.2. The van der Waals surface area contributed by atoms with Crippen molar-refractivity contribution in [2.75, 3.05) is 18.0 Å². The number of nitrogens with zero attached hydrogens (tertiary/aromatic N) is 1. The third-order valence-corrected chi connectivity index (χ3v) is 2.67. The van der Waals surface area contributed by atoms with Crippen LogP contribution in [0.15, 0.2) is 64.9 Å². The summed E-state index contributed by atoms with van der Waals surface area (Å²) in [6.07, 6.45) is 3.69. The van der Waals surface area contributed by atoms with E-state index in [2.05, 4.69) is 18.1 Å². The first kappa shape index (κ1) is 12.2. The fourth-order valence-electron chi connectivity index (χ4n) is 1.85. The number of fused-ring (bicyclic) bond motifs is 1. The number of benzene rings is 1. The maximum absolute atomic E-state index is 11.1. The average Bonchev–Trinajstić information content (AvgIpc) is 2.38. The molecule has 1 aromatic heterocycles. The van der Waals surface area contributed by atoms with Gasteiger partial charge in [0.25, 0.3) is 0 Å². The van der Waals surface area contributed by atoms with Gasteiger partial charge >= 0.3 is 5.63 Å². The van der Waals surface area contributed by atoms with Crippen molar-refractivity contribution in [2.45, 2.75) is 0 Å². The molecule has 3 heteroatoms. The van der Waals surface area contributed by atoms with Crippen LogP contribution >= 0.6 is 0 Å². The Labute approximate surface area is 106 Å². The Morgan fingerprint density at radius 3 is 2.50 bits per heavy atom. The normalized spacial score (nSPS) is 10.2. The van der Waals surface area contributed by atoms with Crippen molar-refractivity contribution in [3.8, 4) is 0 Å². The highest BCUT2D eigenvalue weighted by Crippen LogP contribution is 2.21. The third-order valence-electron chi connectivity index (χ3n) is 2.67. The predicted octanol–water partition coefficient (Wildman–Crippen LogP) is 2.97. The van der Waals surface area contributed by atoms with Crippen LogP contribution in [-0.2, 0) is 0 Å². The highest BCUT2D eigenvalue weighted by molar-refractivity contribution is 5.80. The highest BCUT2D eigenvalue weighted by Gasteiger charge is 2.05. The van der Waals surface area contributed by atoms with Gasteiger partial charge in [0.2, 0.25) is 0 Å². The molecule has 0 radical (unpaired) electrons. The van der Waals surface area contributed by atoms with Crippen molar-refractivity contribution >= 4 is 16.7 Å². The van der Waals surface area contributed by atoms with Crippen LogP contribution in [0.25, 0.3) is 11.0 Å². The van der Waals surface area contributed by atoms with E-state index in [-0.39, 0.29) is 5.63 Å². The van der Waals surface area contributed by atoms with Gasteiger partial charge in [-0.15, -0.1) is 13.2 Å².